The molecule has 1 saturated heterocycles. The summed E-state index contributed by atoms with van der Waals surface area (Å²) in [6, 6.07) is 39.1. The third-order valence-corrected chi connectivity index (χ3v) is 8.96. The normalized spacial score (nSPS) is 14.4. The molecule has 5 aromatic carbocycles. The van der Waals surface area contributed by atoms with E-state index in [9.17, 15) is 24.0 Å². The zero-order valence-electron chi connectivity index (χ0n) is 26.0. The number of rotatable bonds is 10. The Kier molecular flexibility index (Phi) is 9.78. The monoisotopic (exact) mass is 666 g/mol. The minimum atomic E-state index is -0.639. The largest absolute Gasteiger partial charge is 0.366 e. The molecule has 1 fully saturated rings. The highest BCUT2D eigenvalue weighted by Crippen LogP contribution is 2.34. The maximum Gasteiger partial charge on any atom is 0.272 e. The predicted octanol–water partition coefficient (Wildman–Crippen LogP) is 6.29. The van der Waals surface area contributed by atoms with Crippen LogP contribution in [0.4, 0.5) is 11.4 Å². The van der Waals surface area contributed by atoms with E-state index in [1.807, 2.05) is 54.6 Å². The molecule has 49 heavy (non-hydrogen) atoms. The molecule has 10 heteroatoms. The van der Waals surface area contributed by atoms with E-state index >= 15 is 0 Å². The molecule has 0 spiro atoms. The molecule has 0 aliphatic carbocycles. The topological polar surface area (TPSA) is 139 Å². The van der Waals surface area contributed by atoms with Crippen LogP contribution in [0.2, 0.25) is 0 Å². The van der Waals surface area contributed by atoms with Gasteiger partial charge in [0.1, 0.15) is 5.70 Å². The van der Waals surface area contributed by atoms with Gasteiger partial charge in [-0.25, -0.2) is 4.90 Å². The van der Waals surface area contributed by atoms with Gasteiger partial charge in [0.25, 0.3) is 11.8 Å². The maximum absolute atomic E-state index is 13.5. The minimum absolute atomic E-state index is 0.0150. The zero-order valence-corrected chi connectivity index (χ0v) is 26.9. The van der Waals surface area contributed by atoms with Crippen LogP contribution < -0.4 is 21.3 Å². The Morgan fingerprint density at radius 1 is 0.714 bits per heavy atom. The van der Waals surface area contributed by atoms with Crippen molar-refractivity contribution in [2.24, 2.45) is 5.73 Å². The Hall–Kier alpha value is -6.26. The fourth-order valence-corrected chi connectivity index (χ4v) is 6.29. The van der Waals surface area contributed by atoms with Gasteiger partial charge in [0.05, 0.1) is 10.9 Å². The van der Waals surface area contributed by atoms with Crippen LogP contribution in [-0.4, -0.2) is 34.8 Å². The second-order valence-corrected chi connectivity index (χ2v) is 12.4. The molecule has 0 saturated carbocycles. The van der Waals surface area contributed by atoms with Crippen LogP contribution >= 0.6 is 11.8 Å². The molecule has 1 aliphatic rings. The van der Waals surface area contributed by atoms with E-state index in [1.165, 1.54) is 36.0 Å². The van der Waals surface area contributed by atoms with Crippen molar-refractivity contribution in [3.63, 3.8) is 0 Å². The zero-order chi connectivity index (χ0) is 34.3. The van der Waals surface area contributed by atoms with Gasteiger partial charge >= 0.3 is 0 Å². The summed E-state index contributed by atoms with van der Waals surface area (Å²) in [6.45, 7) is 0. The van der Waals surface area contributed by atoms with Crippen molar-refractivity contribution in [1.29, 1.82) is 0 Å². The minimum Gasteiger partial charge on any atom is -0.366 e. The summed E-state index contributed by atoms with van der Waals surface area (Å²) in [5.74, 6) is -2.25. The lowest BCUT2D eigenvalue weighted by molar-refractivity contribution is -0.121. The molecule has 0 radical (unpaired) electrons. The summed E-state index contributed by atoms with van der Waals surface area (Å²) in [7, 11) is 0. The van der Waals surface area contributed by atoms with Gasteiger partial charge < -0.3 is 16.4 Å². The van der Waals surface area contributed by atoms with Crippen molar-refractivity contribution in [1.82, 2.24) is 5.32 Å². The molecule has 5 amide bonds. The summed E-state index contributed by atoms with van der Waals surface area (Å²) in [5.41, 5.74) is 9.68. The van der Waals surface area contributed by atoms with E-state index in [4.69, 9.17) is 5.73 Å². The molecule has 0 aromatic heterocycles. The van der Waals surface area contributed by atoms with E-state index in [0.29, 0.717) is 16.9 Å². The molecule has 4 N–H and O–H groups in total. The molecule has 5 aromatic rings. The number of benzene rings is 5. The molecule has 9 nitrogen and oxygen atoms in total. The first-order valence-corrected chi connectivity index (χ1v) is 16.2. The Labute approximate surface area is 286 Å². The van der Waals surface area contributed by atoms with Gasteiger partial charge in [-0.1, -0.05) is 72.8 Å². The molecule has 0 bridgehead atoms. The van der Waals surface area contributed by atoms with Crippen LogP contribution in [-0.2, 0) is 14.4 Å². The summed E-state index contributed by atoms with van der Waals surface area (Å²) >= 11 is 1.24. The first-order chi connectivity index (χ1) is 23.7. The maximum atomic E-state index is 13.5. The number of thioether (sulfide) groups is 1. The van der Waals surface area contributed by atoms with E-state index in [1.54, 1.807) is 60.7 Å². The predicted molar refractivity (Wildman–Crippen MR) is 191 cm³/mol. The first-order valence-electron chi connectivity index (χ1n) is 15.3. The fourth-order valence-electron chi connectivity index (χ4n) is 5.23. The van der Waals surface area contributed by atoms with Crippen LogP contribution in [0.3, 0.4) is 0 Å². The molecule has 1 atom stereocenters. The Morgan fingerprint density at radius 2 is 1.33 bits per heavy atom. The van der Waals surface area contributed by atoms with Crippen molar-refractivity contribution in [3.8, 4) is 11.1 Å². The third-order valence-electron chi connectivity index (χ3n) is 7.76. The van der Waals surface area contributed by atoms with Crippen molar-refractivity contribution < 1.29 is 24.0 Å². The van der Waals surface area contributed by atoms with Crippen molar-refractivity contribution in [2.75, 3.05) is 10.2 Å². The standard InChI is InChI=1S/C39H30N4O5S/c40-36(45)28-15-19-31(20-16-28)43-35(44)24-34(39(43)48)49-32-21-17-30(18-22-32)41-38(47)33(42-37(46)29-9-5-2-6-10-29)23-25-11-13-27(14-12-25)26-7-3-1-4-8-26/h1-23,34H,24H2,(H2,40,45)(H,41,47)(H,42,46)/b33-23-. The first kappa shape index (κ1) is 32.7. The van der Waals surface area contributed by atoms with Gasteiger partial charge in [-0.05, 0) is 83.4 Å². The van der Waals surface area contributed by atoms with Gasteiger partial charge in [-0.15, -0.1) is 11.8 Å². The van der Waals surface area contributed by atoms with Crippen LogP contribution in [0.5, 0.6) is 0 Å². The van der Waals surface area contributed by atoms with E-state index in [-0.39, 0.29) is 29.5 Å². The molecule has 6 rings (SSSR count). The quantitative estimate of drug-likeness (QED) is 0.118. The van der Waals surface area contributed by atoms with Gasteiger partial charge in [0.15, 0.2) is 0 Å². The smallest absolute Gasteiger partial charge is 0.272 e. The Morgan fingerprint density at radius 3 is 1.96 bits per heavy atom. The molecule has 1 unspecified atom stereocenters. The summed E-state index contributed by atoms with van der Waals surface area (Å²) < 4.78 is 0. The van der Waals surface area contributed by atoms with E-state index in [2.05, 4.69) is 10.6 Å². The number of hydrogen-bond acceptors (Lipinski definition) is 6. The van der Waals surface area contributed by atoms with Crippen LogP contribution in [0.25, 0.3) is 17.2 Å². The third kappa shape index (κ3) is 7.83. The van der Waals surface area contributed by atoms with Crippen molar-refractivity contribution in [2.45, 2.75) is 16.6 Å². The number of carbonyl (C=O) groups excluding carboxylic acids is 5. The van der Waals surface area contributed by atoms with Crippen LogP contribution in [0, 0.1) is 0 Å². The molecular formula is C39H30N4O5S. The van der Waals surface area contributed by atoms with E-state index < -0.39 is 23.0 Å². The number of carbonyl (C=O) groups is 5. The second kappa shape index (κ2) is 14.7. The van der Waals surface area contributed by atoms with Gasteiger partial charge in [0, 0.05) is 28.1 Å². The van der Waals surface area contributed by atoms with E-state index in [0.717, 1.165) is 26.5 Å². The van der Waals surface area contributed by atoms with Gasteiger partial charge in [0.2, 0.25) is 17.7 Å². The second-order valence-electron chi connectivity index (χ2n) is 11.1. The SMILES string of the molecule is NC(=O)c1ccc(N2C(=O)CC(Sc3ccc(NC(=O)/C(=C/c4ccc(-c5ccccc5)cc4)NC(=O)c4ccccc4)cc3)C2=O)cc1. The summed E-state index contributed by atoms with van der Waals surface area (Å²) in [4.78, 5) is 65.7. The van der Waals surface area contributed by atoms with Crippen LogP contribution in [0.15, 0.2) is 144 Å². The molecular weight excluding hydrogens is 637 g/mol. The number of nitrogens with two attached hydrogens (primary N) is 1. The van der Waals surface area contributed by atoms with Gasteiger partial charge in [-0.3, -0.25) is 24.0 Å². The average molecular weight is 667 g/mol. The number of nitrogens with one attached hydrogen (secondary N) is 2. The van der Waals surface area contributed by atoms with Gasteiger partial charge in [-0.2, -0.15) is 0 Å². The molecule has 242 valence electrons. The number of imide groups is 1. The molecule has 1 aliphatic heterocycles. The van der Waals surface area contributed by atoms with Crippen LogP contribution in [0.1, 0.15) is 32.7 Å². The Balaban J connectivity index is 1.15. The fraction of sp³-hybridized carbons (Fsp3) is 0.0513. The lowest BCUT2D eigenvalue weighted by Gasteiger charge is -2.15. The number of hydrogen-bond donors (Lipinski definition) is 3. The summed E-state index contributed by atoms with van der Waals surface area (Å²) in [5, 5.41) is 4.95. The van der Waals surface area contributed by atoms with Crippen molar-refractivity contribution >= 4 is 58.7 Å². The highest BCUT2D eigenvalue weighted by atomic mass is 32.2. The number of anilines is 2. The number of primary amides is 1. The lowest BCUT2D eigenvalue weighted by atomic mass is 10.0. The summed E-state index contributed by atoms with van der Waals surface area (Å²) in [6.07, 6.45) is 1.63. The highest BCUT2D eigenvalue weighted by molar-refractivity contribution is 8.00. The molecule has 1 heterocycles. The van der Waals surface area contributed by atoms with Crippen molar-refractivity contribution in [3.05, 3.63) is 156 Å². The highest BCUT2D eigenvalue weighted by Gasteiger charge is 2.40. The lowest BCUT2D eigenvalue weighted by Crippen LogP contribution is -2.31. The number of nitrogens with zero attached hydrogens (tertiary/aromatic N) is 1. The number of amides is 5. The average Bonchev–Trinajstić information content (AvgIpc) is 3.41. The Bertz CT molecular complexity index is 2050.